The molecule has 5 nitrogen and oxygen atoms in total. The standard InChI is InChI=1S/C12H27N3O2S/c1-3-13-11-12(2)18(16,17)14-7-6-10-15-8-4-5-9-15/h12-14H,3-11H2,1-2H3. The van der Waals surface area contributed by atoms with E-state index in [-0.39, 0.29) is 5.25 Å². The lowest BCUT2D eigenvalue weighted by Gasteiger charge is -2.16. The minimum absolute atomic E-state index is 0.371. The quantitative estimate of drug-likeness (QED) is 0.599. The van der Waals surface area contributed by atoms with E-state index in [0.717, 1.165) is 19.5 Å². The molecule has 0 aromatic heterocycles. The van der Waals surface area contributed by atoms with Gasteiger partial charge in [0.15, 0.2) is 0 Å². The van der Waals surface area contributed by atoms with Gasteiger partial charge in [0.2, 0.25) is 10.0 Å². The average molecular weight is 277 g/mol. The molecule has 1 atom stereocenters. The van der Waals surface area contributed by atoms with Crippen molar-refractivity contribution in [3.05, 3.63) is 0 Å². The van der Waals surface area contributed by atoms with Gasteiger partial charge in [-0.2, -0.15) is 0 Å². The van der Waals surface area contributed by atoms with Gasteiger partial charge in [-0.25, -0.2) is 13.1 Å². The lowest BCUT2D eigenvalue weighted by Crippen LogP contribution is -2.39. The molecule has 1 unspecified atom stereocenters. The summed E-state index contributed by atoms with van der Waals surface area (Å²) in [6, 6.07) is 0. The van der Waals surface area contributed by atoms with Crippen LogP contribution < -0.4 is 10.0 Å². The SMILES string of the molecule is CCNCC(C)S(=O)(=O)NCCCN1CCCC1. The lowest BCUT2D eigenvalue weighted by molar-refractivity contribution is 0.334. The highest BCUT2D eigenvalue weighted by atomic mass is 32.2. The molecule has 0 spiro atoms. The molecule has 0 saturated carbocycles. The van der Waals surface area contributed by atoms with Crippen LogP contribution in [-0.4, -0.2) is 57.8 Å². The normalized spacial score (nSPS) is 19.2. The maximum absolute atomic E-state index is 11.9. The van der Waals surface area contributed by atoms with Gasteiger partial charge in [0, 0.05) is 13.1 Å². The minimum atomic E-state index is -3.16. The zero-order valence-electron chi connectivity index (χ0n) is 11.6. The van der Waals surface area contributed by atoms with Gasteiger partial charge in [-0.3, -0.25) is 0 Å². The number of nitrogens with zero attached hydrogens (tertiary/aromatic N) is 1. The van der Waals surface area contributed by atoms with E-state index in [9.17, 15) is 8.42 Å². The third-order valence-electron chi connectivity index (χ3n) is 3.36. The van der Waals surface area contributed by atoms with E-state index in [1.165, 1.54) is 25.9 Å². The second kappa shape index (κ2) is 8.09. The summed E-state index contributed by atoms with van der Waals surface area (Å²) < 4.78 is 26.4. The van der Waals surface area contributed by atoms with Crippen LogP contribution in [0.15, 0.2) is 0 Å². The molecule has 1 aliphatic rings. The zero-order chi connectivity index (χ0) is 13.4. The Morgan fingerprint density at radius 1 is 1.28 bits per heavy atom. The molecular formula is C12H27N3O2S. The van der Waals surface area contributed by atoms with Crippen LogP contribution in [-0.2, 0) is 10.0 Å². The average Bonchev–Trinajstić information content (AvgIpc) is 2.84. The molecule has 1 fully saturated rings. The molecule has 0 bridgehead atoms. The van der Waals surface area contributed by atoms with Crippen molar-refractivity contribution in [2.45, 2.75) is 38.4 Å². The molecule has 2 N–H and O–H groups in total. The van der Waals surface area contributed by atoms with Crippen molar-refractivity contribution in [1.29, 1.82) is 0 Å². The van der Waals surface area contributed by atoms with E-state index in [1.807, 2.05) is 6.92 Å². The Labute approximate surface area is 111 Å². The Morgan fingerprint density at radius 2 is 1.94 bits per heavy atom. The predicted molar refractivity (Wildman–Crippen MR) is 75.2 cm³/mol. The van der Waals surface area contributed by atoms with Crippen molar-refractivity contribution in [1.82, 2.24) is 14.9 Å². The van der Waals surface area contributed by atoms with Gasteiger partial charge < -0.3 is 10.2 Å². The summed E-state index contributed by atoms with van der Waals surface area (Å²) in [5, 5.41) is 2.69. The summed E-state index contributed by atoms with van der Waals surface area (Å²) in [4.78, 5) is 2.40. The van der Waals surface area contributed by atoms with E-state index in [2.05, 4.69) is 14.9 Å². The van der Waals surface area contributed by atoms with E-state index in [4.69, 9.17) is 0 Å². The number of rotatable bonds is 9. The summed E-state index contributed by atoms with van der Waals surface area (Å²) in [6.07, 6.45) is 3.46. The topological polar surface area (TPSA) is 61.4 Å². The maximum atomic E-state index is 11.9. The molecule has 0 aromatic rings. The number of hydrogen-bond acceptors (Lipinski definition) is 4. The van der Waals surface area contributed by atoms with Crippen LogP contribution in [0.3, 0.4) is 0 Å². The molecule has 0 aromatic carbocycles. The number of nitrogens with one attached hydrogen (secondary N) is 2. The summed E-state index contributed by atoms with van der Waals surface area (Å²) in [6.45, 7) is 8.92. The van der Waals surface area contributed by atoms with Crippen LogP contribution in [0.1, 0.15) is 33.1 Å². The first-order valence-corrected chi connectivity index (χ1v) is 8.52. The highest BCUT2D eigenvalue weighted by molar-refractivity contribution is 7.90. The van der Waals surface area contributed by atoms with E-state index >= 15 is 0 Å². The smallest absolute Gasteiger partial charge is 0.215 e. The highest BCUT2D eigenvalue weighted by Crippen LogP contribution is 2.07. The van der Waals surface area contributed by atoms with Crippen molar-refractivity contribution in [3.8, 4) is 0 Å². The molecule has 0 radical (unpaired) electrons. The van der Waals surface area contributed by atoms with Gasteiger partial charge in [-0.05, 0) is 52.4 Å². The molecule has 1 heterocycles. The molecule has 0 aliphatic carbocycles. The van der Waals surface area contributed by atoms with Crippen molar-refractivity contribution in [2.24, 2.45) is 0 Å². The second-order valence-corrected chi connectivity index (χ2v) is 7.14. The van der Waals surface area contributed by atoms with Crippen molar-refractivity contribution < 1.29 is 8.42 Å². The van der Waals surface area contributed by atoms with Crippen LogP contribution in [0, 0.1) is 0 Å². The Balaban J connectivity index is 2.15. The van der Waals surface area contributed by atoms with Crippen molar-refractivity contribution in [2.75, 3.05) is 39.3 Å². The van der Waals surface area contributed by atoms with Crippen LogP contribution in [0.5, 0.6) is 0 Å². The molecule has 108 valence electrons. The fraction of sp³-hybridized carbons (Fsp3) is 1.00. The Kier molecular flexibility index (Phi) is 7.14. The lowest BCUT2D eigenvalue weighted by atomic mass is 10.4. The van der Waals surface area contributed by atoms with Gasteiger partial charge in [0.25, 0.3) is 0 Å². The monoisotopic (exact) mass is 277 g/mol. The summed E-state index contributed by atoms with van der Waals surface area (Å²) >= 11 is 0. The molecule has 6 heteroatoms. The fourth-order valence-electron chi connectivity index (χ4n) is 2.12. The van der Waals surface area contributed by atoms with Crippen LogP contribution >= 0.6 is 0 Å². The van der Waals surface area contributed by atoms with Gasteiger partial charge in [-0.15, -0.1) is 0 Å². The first kappa shape index (κ1) is 15.9. The largest absolute Gasteiger partial charge is 0.316 e. The second-order valence-electron chi connectivity index (χ2n) is 4.96. The molecular weight excluding hydrogens is 250 g/mol. The van der Waals surface area contributed by atoms with Crippen LogP contribution in [0.25, 0.3) is 0 Å². The van der Waals surface area contributed by atoms with Gasteiger partial charge in [-0.1, -0.05) is 6.92 Å². The first-order valence-electron chi connectivity index (χ1n) is 6.98. The number of likely N-dealkylation sites (tertiary alicyclic amines) is 1. The Bertz CT molecular complexity index is 313. The minimum Gasteiger partial charge on any atom is -0.316 e. The van der Waals surface area contributed by atoms with Crippen LogP contribution in [0.2, 0.25) is 0 Å². The van der Waals surface area contributed by atoms with Gasteiger partial charge in [0.1, 0.15) is 0 Å². The maximum Gasteiger partial charge on any atom is 0.215 e. The predicted octanol–water partition coefficient (Wildman–Crippen LogP) is 0.390. The zero-order valence-corrected chi connectivity index (χ0v) is 12.4. The molecule has 1 rings (SSSR count). The Morgan fingerprint density at radius 3 is 2.56 bits per heavy atom. The molecule has 1 aliphatic heterocycles. The summed E-state index contributed by atoms with van der Waals surface area (Å²) in [5.41, 5.74) is 0. The van der Waals surface area contributed by atoms with E-state index < -0.39 is 10.0 Å². The number of sulfonamides is 1. The molecule has 1 saturated heterocycles. The van der Waals surface area contributed by atoms with Gasteiger partial charge in [0.05, 0.1) is 5.25 Å². The van der Waals surface area contributed by atoms with Crippen LogP contribution in [0.4, 0.5) is 0 Å². The fourth-order valence-corrected chi connectivity index (χ4v) is 3.17. The van der Waals surface area contributed by atoms with Crippen molar-refractivity contribution >= 4 is 10.0 Å². The van der Waals surface area contributed by atoms with Crippen molar-refractivity contribution in [3.63, 3.8) is 0 Å². The third-order valence-corrected chi connectivity index (χ3v) is 5.20. The number of hydrogen-bond donors (Lipinski definition) is 2. The first-order chi connectivity index (χ1) is 8.56. The van der Waals surface area contributed by atoms with Gasteiger partial charge >= 0.3 is 0 Å². The summed E-state index contributed by atoms with van der Waals surface area (Å²) in [5.74, 6) is 0. The van der Waals surface area contributed by atoms with E-state index in [1.54, 1.807) is 6.92 Å². The summed E-state index contributed by atoms with van der Waals surface area (Å²) in [7, 11) is -3.16. The Hall–Kier alpha value is -0.170. The molecule has 18 heavy (non-hydrogen) atoms. The van der Waals surface area contributed by atoms with E-state index in [0.29, 0.717) is 13.1 Å². The molecule has 0 amide bonds. The third kappa shape index (κ3) is 5.65. The highest BCUT2D eigenvalue weighted by Gasteiger charge is 2.19.